The van der Waals surface area contributed by atoms with Crippen molar-refractivity contribution in [2.45, 2.75) is 6.92 Å². The minimum Gasteiger partial charge on any atom is -0.494 e. The lowest BCUT2D eigenvalue weighted by Gasteiger charge is -2.09. The van der Waals surface area contributed by atoms with Crippen molar-refractivity contribution in [1.82, 2.24) is 0 Å². The van der Waals surface area contributed by atoms with Gasteiger partial charge in [0.1, 0.15) is 5.75 Å². The summed E-state index contributed by atoms with van der Waals surface area (Å²) in [5, 5.41) is 6.79. The first-order chi connectivity index (χ1) is 10.6. The Morgan fingerprint density at radius 1 is 1.05 bits per heavy atom. The third-order valence-electron chi connectivity index (χ3n) is 2.76. The summed E-state index contributed by atoms with van der Waals surface area (Å²) < 4.78 is 5.34. The monoisotopic (exact) mass is 338 g/mol. The molecule has 2 N–H and O–H groups in total. The van der Waals surface area contributed by atoms with E-state index in [4.69, 9.17) is 27.9 Å². The van der Waals surface area contributed by atoms with Crippen LogP contribution in [0.1, 0.15) is 6.92 Å². The summed E-state index contributed by atoms with van der Waals surface area (Å²) in [5.41, 5.74) is 1.40. The van der Waals surface area contributed by atoms with Gasteiger partial charge in [-0.2, -0.15) is 0 Å². The first-order valence-corrected chi connectivity index (χ1v) is 7.55. The average Bonchev–Trinajstić information content (AvgIpc) is 2.47. The smallest absolute Gasteiger partial charge is 0.243 e. The third kappa shape index (κ3) is 5.13. The van der Waals surface area contributed by atoms with E-state index < -0.39 is 0 Å². The number of carbonyl (C=O) groups is 1. The van der Waals surface area contributed by atoms with E-state index in [1.54, 1.807) is 30.3 Å². The molecule has 0 spiro atoms. The van der Waals surface area contributed by atoms with Crippen LogP contribution in [0, 0.1) is 0 Å². The van der Waals surface area contributed by atoms with E-state index in [-0.39, 0.29) is 12.5 Å². The van der Waals surface area contributed by atoms with Crippen LogP contribution in [0.4, 0.5) is 11.4 Å². The molecular weight excluding hydrogens is 323 g/mol. The van der Waals surface area contributed by atoms with E-state index in [1.165, 1.54) is 0 Å². The molecule has 0 bridgehead atoms. The van der Waals surface area contributed by atoms with Crippen LogP contribution in [0.2, 0.25) is 10.0 Å². The normalized spacial score (nSPS) is 10.1. The first kappa shape index (κ1) is 16.5. The van der Waals surface area contributed by atoms with Gasteiger partial charge in [0.05, 0.1) is 13.2 Å². The van der Waals surface area contributed by atoms with Gasteiger partial charge >= 0.3 is 0 Å². The molecule has 0 heterocycles. The van der Waals surface area contributed by atoms with Gasteiger partial charge < -0.3 is 15.4 Å². The number of carbonyl (C=O) groups excluding carboxylic acids is 1. The van der Waals surface area contributed by atoms with Crippen LogP contribution >= 0.6 is 23.2 Å². The van der Waals surface area contributed by atoms with Crippen molar-refractivity contribution in [3.63, 3.8) is 0 Å². The number of benzene rings is 2. The highest BCUT2D eigenvalue weighted by Crippen LogP contribution is 2.22. The summed E-state index contributed by atoms with van der Waals surface area (Å²) in [6, 6.07) is 12.2. The third-order valence-corrected chi connectivity index (χ3v) is 3.20. The van der Waals surface area contributed by atoms with Crippen molar-refractivity contribution >= 4 is 40.5 Å². The van der Waals surface area contributed by atoms with Gasteiger partial charge in [-0.05, 0) is 49.4 Å². The van der Waals surface area contributed by atoms with Crippen LogP contribution in [0.3, 0.4) is 0 Å². The zero-order valence-corrected chi connectivity index (χ0v) is 13.5. The van der Waals surface area contributed by atoms with Gasteiger partial charge in [0.2, 0.25) is 5.91 Å². The fraction of sp³-hybridized carbons (Fsp3) is 0.188. The van der Waals surface area contributed by atoms with Crippen LogP contribution in [0.5, 0.6) is 5.75 Å². The topological polar surface area (TPSA) is 50.4 Å². The average molecular weight is 339 g/mol. The highest BCUT2D eigenvalue weighted by molar-refractivity contribution is 6.35. The Hall–Kier alpha value is -1.91. The van der Waals surface area contributed by atoms with Gasteiger partial charge in [-0.3, -0.25) is 4.79 Å². The summed E-state index contributed by atoms with van der Waals surface area (Å²) in [6.07, 6.45) is 0. The van der Waals surface area contributed by atoms with E-state index in [2.05, 4.69) is 10.6 Å². The standard InChI is InChI=1S/C16H16Cl2N2O2/c1-2-22-15-5-3-13(4-6-15)20-16(21)10-19-14-8-11(17)7-12(18)9-14/h3-9,19H,2,10H2,1H3,(H,20,21). The summed E-state index contributed by atoms with van der Waals surface area (Å²) in [5.74, 6) is 0.604. The van der Waals surface area contributed by atoms with E-state index in [0.717, 1.165) is 5.75 Å². The first-order valence-electron chi connectivity index (χ1n) is 6.79. The zero-order valence-electron chi connectivity index (χ0n) is 12.0. The molecule has 0 saturated carbocycles. The maximum Gasteiger partial charge on any atom is 0.243 e. The van der Waals surface area contributed by atoms with Crippen LogP contribution < -0.4 is 15.4 Å². The van der Waals surface area contributed by atoms with E-state index in [1.807, 2.05) is 19.1 Å². The van der Waals surface area contributed by atoms with Crippen LogP contribution in [-0.2, 0) is 4.79 Å². The van der Waals surface area contributed by atoms with Crippen molar-refractivity contribution in [3.05, 3.63) is 52.5 Å². The molecule has 0 aliphatic rings. The molecule has 4 nitrogen and oxygen atoms in total. The number of nitrogens with one attached hydrogen (secondary N) is 2. The van der Waals surface area contributed by atoms with Crippen molar-refractivity contribution < 1.29 is 9.53 Å². The number of hydrogen-bond acceptors (Lipinski definition) is 3. The lowest BCUT2D eigenvalue weighted by atomic mass is 10.3. The van der Waals surface area contributed by atoms with Gasteiger partial charge in [-0.15, -0.1) is 0 Å². The fourth-order valence-electron chi connectivity index (χ4n) is 1.84. The van der Waals surface area contributed by atoms with Crippen LogP contribution in [0.15, 0.2) is 42.5 Å². The van der Waals surface area contributed by atoms with Crippen molar-refractivity contribution in [2.24, 2.45) is 0 Å². The lowest BCUT2D eigenvalue weighted by molar-refractivity contribution is -0.114. The largest absolute Gasteiger partial charge is 0.494 e. The minimum absolute atomic E-state index is 0.115. The maximum atomic E-state index is 11.9. The Kier molecular flexibility index (Phi) is 5.92. The highest BCUT2D eigenvalue weighted by atomic mass is 35.5. The van der Waals surface area contributed by atoms with Crippen LogP contribution in [-0.4, -0.2) is 19.1 Å². The molecule has 0 aliphatic heterocycles. The Labute approximate surface area is 139 Å². The predicted molar refractivity (Wildman–Crippen MR) is 91.2 cm³/mol. The van der Waals surface area contributed by atoms with Gasteiger partial charge in [0.25, 0.3) is 0 Å². The number of ether oxygens (including phenoxy) is 1. The fourth-order valence-corrected chi connectivity index (χ4v) is 2.37. The Bertz CT molecular complexity index is 625. The lowest BCUT2D eigenvalue weighted by Crippen LogP contribution is -2.21. The predicted octanol–water partition coefficient (Wildman–Crippen LogP) is 4.44. The molecule has 2 aromatic rings. The molecule has 2 rings (SSSR count). The Morgan fingerprint density at radius 3 is 2.27 bits per heavy atom. The van der Waals surface area contributed by atoms with Crippen molar-refractivity contribution in [1.29, 1.82) is 0 Å². The second-order valence-corrected chi connectivity index (χ2v) is 5.39. The number of hydrogen-bond donors (Lipinski definition) is 2. The quantitative estimate of drug-likeness (QED) is 0.818. The molecule has 0 aromatic heterocycles. The van der Waals surface area contributed by atoms with Gasteiger partial charge in [-0.1, -0.05) is 23.2 Å². The molecule has 0 fully saturated rings. The van der Waals surface area contributed by atoms with Gasteiger partial charge in [0, 0.05) is 21.4 Å². The molecule has 2 aromatic carbocycles. The second-order valence-electron chi connectivity index (χ2n) is 4.52. The number of anilines is 2. The molecule has 1 amide bonds. The second kappa shape index (κ2) is 7.92. The van der Waals surface area contributed by atoms with Gasteiger partial charge in [0.15, 0.2) is 0 Å². The van der Waals surface area contributed by atoms with E-state index >= 15 is 0 Å². The number of rotatable bonds is 6. The van der Waals surface area contributed by atoms with Gasteiger partial charge in [-0.25, -0.2) is 0 Å². The molecule has 0 aliphatic carbocycles. The highest BCUT2D eigenvalue weighted by Gasteiger charge is 2.04. The molecule has 0 atom stereocenters. The number of amides is 1. The summed E-state index contributed by atoms with van der Waals surface area (Å²) >= 11 is 11.8. The molecule has 116 valence electrons. The molecule has 6 heteroatoms. The van der Waals surface area contributed by atoms with Crippen molar-refractivity contribution in [2.75, 3.05) is 23.8 Å². The number of halogens is 2. The van der Waals surface area contributed by atoms with Crippen LogP contribution in [0.25, 0.3) is 0 Å². The molecule has 0 saturated heterocycles. The van der Waals surface area contributed by atoms with E-state index in [0.29, 0.717) is 28.0 Å². The maximum absolute atomic E-state index is 11.9. The summed E-state index contributed by atoms with van der Waals surface area (Å²) in [4.78, 5) is 11.9. The molecular formula is C16H16Cl2N2O2. The summed E-state index contributed by atoms with van der Waals surface area (Å²) in [7, 11) is 0. The Morgan fingerprint density at radius 2 is 1.68 bits per heavy atom. The molecule has 22 heavy (non-hydrogen) atoms. The summed E-state index contributed by atoms with van der Waals surface area (Å²) in [6.45, 7) is 2.64. The van der Waals surface area contributed by atoms with E-state index in [9.17, 15) is 4.79 Å². The Balaban J connectivity index is 1.87. The zero-order chi connectivity index (χ0) is 15.9. The molecule has 0 unspecified atom stereocenters. The minimum atomic E-state index is -0.166. The SMILES string of the molecule is CCOc1ccc(NC(=O)CNc2cc(Cl)cc(Cl)c2)cc1. The molecule has 0 radical (unpaired) electrons. The van der Waals surface area contributed by atoms with Crippen molar-refractivity contribution in [3.8, 4) is 5.75 Å².